The van der Waals surface area contributed by atoms with E-state index in [0.29, 0.717) is 22.6 Å². The van der Waals surface area contributed by atoms with Crippen LogP contribution in [0.2, 0.25) is 5.02 Å². The van der Waals surface area contributed by atoms with Gasteiger partial charge in [0.15, 0.2) is 0 Å². The fourth-order valence-corrected chi connectivity index (χ4v) is 3.35. The van der Waals surface area contributed by atoms with Crippen LogP contribution in [-0.4, -0.2) is 22.8 Å². The molecule has 0 spiro atoms. The number of alkyl halides is 3. The Morgan fingerprint density at radius 2 is 1.89 bits per heavy atom. The maximum absolute atomic E-state index is 12.7. The number of nitro benzene ring substituents is 1. The Morgan fingerprint density at radius 3 is 2.46 bits per heavy atom. The summed E-state index contributed by atoms with van der Waals surface area (Å²) in [4.78, 5) is 24.4. The van der Waals surface area contributed by atoms with Gasteiger partial charge in [-0.1, -0.05) is 23.7 Å². The first-order chi connectivity index (χ1) is 13.1. The highest BCUT2D eigenvalue weighted by molar-refractivity contribution is 6.31. The Kier molecular flexibility index (Phi) is 5.34. The Bertz CT molecular complexity index is 916. The lowest BCUT2D eigenvalue weighted by atomic mass is 10.1. The second-order valence-electron chi connectivity index (χ2n) is 6.80. The Balaban J connectivity index is 1.66. The van der Waals surface area contributed by atoms with Gasteiger partial charge in [-0.15, -0.1) is 0 Å². The Morgan fingerprint density at radius 1 is 1.25 bits per heavy atom. The lowest BCUT2D eigenvalue weighted by Gasteiger charge is -2.18. The van der Waals surface area contributed by atoms with Crippen molar-refractivity contribution in [1.29, 1.82) is 0 Å². The summed E-state index contributed by atoms with van der Waals surface area (Å²) in [6.07, 6.45) is -3.84. The molecule has 0 heterocycles. The van der Waals surface area contributed by atoms with Crippen molar-refractivity contribution < 1.29 is 22.9 Å². The van der Waals surface area contributed by atoms with E-state index in [2.05, 4.69) is 0 Å². The van der Waals surface area contributed by atoms with Gasteiger partial charge in [-0.2, -0.15) is 13.2 Å². The zero-order valence-corrected chi connectivity index (χ0v) is 15.5. The van der Waals surface area contributed by atoms with Gasteiger partial charge in [0.2, 0.25) is 5.91 Å². The van der Waals surface area contributed by atoms with E-state index in [9.17, 15) is 28.1 Å². The first-order valence-electron chi connectivity index (χ1n) is 8.43. The van der Waals surface area contributed by atoms with Crippen molar-refractivity contribution in [3.8, 4) is 0 Å². The molecule has 0 saturated heterocycles. The monoisotopic (exact) mass is 412 g/mol. The number of non-ortho nitro benzene ring substituents is 1. The van der Waals surface area contributed by atoms with Crippen LogP contribution >= 0.6 is 11.6 Å². The molecule has 2 aromatic carbocycles. The van der Waals surface area contributed by atoms with E-state index >= 15 is 0 Å². The molecule has 0 aliphatic heterocycles. The molecule has 9 heteroatoms. The molecule has 2 aromatic rings. The van der Waals surface area contributed by atoms with Gasteiger partial charge in [0.05, 0.1) is 10.5 Å². The van der Waals surface area contributed by atoms with Crippen LogP contribution in [0.25, 0.3) is 0 Å². The molecule has 1 aliphatic rings. The average Bonchev–Trinajstić information content (AvgIpc) is 3.42. The second kappa shape index (κ2) is 7.43. The summed E-state index contributed by atoms with van der Waals surface area (Å²) in [5.41, 5.74) is 0.304. The summed E-state index contributed by atoms with van der Waals surface area (Å²) in [6.45, 7) is 0.107. The third-order valence-electron chi connectivity index (χ3n) is 4.80. The van der Waals surface area contributed by atoms with E-state index in [1.807, 2.05) is 0 Å². The van der Waals surface area contributed by atoms with Crippen molar-refractivity contribution in [2.24, 2.45) is 5.92 Å². The predicted octanol–water partition coefficient (Wildman–Crippen LogP) is 5.03. The number of nitrogens with zero attached hydrogens (tertiary/aromatic N) is 2. The SMILES string of the molecule is CN(Cc1cc([N+](=O)[O-])ccc1Cl)C(=O)C1CC1c1ccc(C(F)(F)F)cc1. The van der Waals surface area contributed by atoms with Crippen molar-refractivity contribution in [3.05, 3.63) is 74.3 Å². The number of amides is 1. The summed E-state index contributed by atoms with van der Waals surface area (Å²) in [7, 11) is 1.57. The summed E-state index contributed by atoms with van der Waals surface area (Å²) in [5.74, 6) is -0.621. The van der Waals surface area contributed by atoms with Crippen molar-refractivity contribution in [1.82, 2.24) is 4.90 Å². The number of halogens is 4. The van der Waals surface area contributed by atoms with Crippen LogP contribution in [0.1, 0.15) is 29.0 Å². The molecule has 1 saturated carbocycles. The lowest BCUT2D eigenvalue weighted by molar-refractivity contribution is -0.384. The first kappa shape index (κ1) is 20.1. The zero-order valence-electron chi connectivity index (χ0n) is 14.7. The van der Waals surface area contributed by atoms with Crippen molar-refractivity contribution in [2.75, 3.05) is 7.05 Å². The van der Waals surface area contributed by atoms with Crippen LogP contribution in [0.5, 0.6) is 0 Å². The third kappa shape index (κ3) is 4.27. The number of hydrogen-bond acceptors (Lipinski definition) is 3. The summed E-state index contributed by atoms with van der Waals surface area (Å²) >= 11 is 6.07. The van der Waals surface area contributed by atoms with Gasteiger partial charge in [-0.05, 0) is 41.7 Å². The molecular formula is C19H16ClF3N2O3. The number of benzene rings is 2. The number of carbonyl (C=O) groups is 1. The normalized spacial score (nSPS) is 18.6. The van der Waals surface area contributed by atoms with Crippen LogP contribution in [0.3, 0.4) is 0 Å². The highest BCUT2D eigenvalue weighted by atomic mass is 35.5. The lowest BCUT2D eigenvalue weighted by Crippen LogP contribution is -2.28. The number of nitro groups is 1. The summed E-state index contributed by atoms with van der Waals surface area (Å²) < 4.78 is 38.0. The fraction of sp³-hybridized carbons (Fsp3) is 0.316. The van der Waals surface area contributed by atoms with Crippen LogP contribution in [0, 0.1) is 16.0 Å². The molecule has 1 aliphatic carbocycles. The minimum absolute atomic E-state index is 0.107. The van der Waals surface area contributed by atoms with Crippen LogP contribution < -0.4 is 0 Å². The van der Waals surface area contributed by atoms with Gasteiger partial charge >= 0.3 is 6.18 Å². The van der Waals surface area contributed by atoms with E-state index in [0.717, 1.165) is 12.1 Å². The van der Waals surface area contributed by atoms with Crippen LogP contribution in [-0.2, 0) is 17.5 Å². The molecular weight excluding hydrogens is 397 g/mol. The minimum Gasteiger partial charge on any atom is -0.341 e. The molecule has 148 valence electrons. The minimum atomic E-state index is -4.39. The van der Waals surface area contributed by atoms with Gasteiger partial charge in [-0.3, -0.25) is 14.9 Å². The molecule has 3 rings (SSSR count). The van der Waals surface area contributed by atoms with Gasteiger partial charge in [0, 0.05) is 36.7 Å². The van der Waals surface area contributed by atoms with E-state index < -0.39 is 16.7 Å². The highest BCUT2D eigenvalue weighted by Crippen LogP contribution is 2.49. The molecule has 1 amide bonds. The molecule has 2 atom stereocenters. The molecule has 0 bridgehead atoms. The number of rotatable bonds is 5. The van der Waals surface area contributed by atoms with Crippen molar-refractivity contribution in [3.63, 3.8) is 0 Å². The van der Waals surface area contributed by atoms with Gasteiger partial charge in [-0.25, -0.2) is 0 Å². The van der Waals surface area contributed by atoms with Crippen LogP contribution in [0.15, 0.2) is 42.5 Å². The quantitative estimate of drug-likeness (QED) is 0.511. The largest absolute Gasteiger partial charge is 0.416 e. The van der Waals surface area contributed by atoms with Gasteiger partial charge < -0.3 is 4.90 Å². The highest BCUT2D eigenvalue weighted by Gasteiger charge is 2.45. The van der Waals surface area contributed by atoms with E-state index in [1.165, 1.54) is 35.2 Å². The average molecular weight is 413 g/mol. The first-order valence-corrected chi connectivity index (χ1v) is 8.80. The fourth-order valence-electron chi connectivity index (χ4n) is 3.17. The maximum Gasteiger partial charge on any atom is 0.416 e. The Labute approximate surface area is 163 Å². The predicted molar refractivity (Wildman–Crippen MR) is 96.9 cm³/mol. The molecule has 0 aromatic heterocycles. The summed E-state index contributed by atoms with van der Waals surface area (Å²) in [6, 6.07) is 8.86. The van der Waals surface area contributed by atoms with Gasteiger partial charge in [0.25, 0.3) is 5.69 Å². The van der Waals surface area contributed by atoms with Crippen molar-refractivity contribution >= 4 is 23.2 Å². The topological polar surface area (TPSA) is 63.4 Å². The van der Waals surface area contributed by atoms with Crippen LogP contribution in [0.4, 0.5) is 18.9 Å². The standard InChI is InChI=1S/C19H16ClF3N2O3/c1-24(10-12-8-14(25(27)28)6-7-17(12)20)18(26)16-9-15(16)11-2-4-13(5-3-11)19(21,22)23/h2-8,15-16H,9-10H2,1H3. The number of carbonyl (C=O) groups excluding carboxylic acids is 1. The maximum atomic E-state index is 12.7. The molecule has 0 radical (unpaired) electrons. The second-order valence-corrected chi connectivity index (χ2v) is 7.20. The van der Waals surface area contributed by atoms with E-state index in [-0.39, 0.29) is 30.0 Å². The zero-order chi connectivity index (χ0) is 20.6. The van der Waals surface area contributed by atoms with E-state index in [4.69, 9.17) is 11.6 Å². The Hall–Kier alpha value is -2.61. The smallest absolute Gasteiger partial charge is 0.341 e. The molecule has 2 unspecified atom stereocenters. The number of hydrogen-bond donors (Lipinski definition) is 0. The molecule has 1 fully saturated rings. The molecule has 0 N–H and O–H groups in total. The van der Waals surface area contributed by atoms with E-state index in [1.54, 1.807) is 7.05 Å². The molecule has 5 nitrogen and oxygen atoms in total. The van der Waals surface area contributed by atoms with Gasteiger partial charge in [0.1, 0.15) is 0 Å². The van der Waals surface area contributed by atoms with Crippen molar-refractivity contribution in [2.45, 2.75) is 25.1 Å². The third-order valence-corrected chi connectivity index (χ3v) is 5.17. The molecule has 28 heavy (non-hydrogen) atoms. The summed E-state index contributed by atoms with van der Waals surface area (Å²) in [5, 5.41) is 11.2.